The minimum atomic E-state index is -1.15. The molecule has 4 aromatic rings. The lowest BCUT2D eigenvalue weighted by Gasteiger charge is -2.01. The number of carbonyl (C=O) groups excluding carboxylic acids is 1. The maximum Gasteiger partial charge on any atom is 0.337 e. The van der Waals surface area contributed by atoms with Crippen LogP contribution in [-0.2, 0) is 4.79 Å². The van der Waals surface area contributed by atoms with E-state index in [1.54, 1.807) is 29.5 Å². The summed E-state index contributed by atoms with van der Waals surface area (Å²) in [6.45, 7) is 0. The van der Waals surface area contributed by atoms with Crippen LogP contribution < -0.4 is 5.32 Å². The number of aliphatic imine (C=N–C) groups is 1. The smallest absolute Gasteiger partial charge is 0.337 e. The lowest BCUT2D eigenvalue weighted by Crippen LogP contribution is -2.19. The van der Waals surface area contributed by atoms with Gasteiger partial charge >= 0.3 is 5.97 Å². The van der Waals surface area contributed by atoms with Gasteiger partial charge in [0.15, 0.2) is 14.6 Å². The molecule has 0 spiro atoms. The number of aromatic nitrogens is 1. The molecule has 33 heavy (non-hydrogen) atoms. The van der Waals surface area contributed by atoms with E-state index in [2.05, 4.69) is 15.3 Å². The van der Waals surface area contributed by atoms with Gasteiger partial charge < -0.3 is 14.8 Å². The number of fused-ring (bicyclic) bond motifs is 1. The van der Waals surface area contributed by atoms with Gasteiger partial charge in [0.1, 0.15) is 5.76 Å². The van der Waals surface area contributed by atoms with Crippen LogP contribution in [0.4, 0.5) is 5.69 Å². The van der Waals surface area contributed by atoms with Crippen LogP contribution in [0.2, 0.25) is 5.02 Å². The van der Waals surface area contributed by atoms with Gasteiger partial charge in [-0.2, -0.15) is 0 Å². The van der Waals surface area contributed by atoms with Crippen LogP contribution in [-0.4, -0.2) is 27.1 Å². The molecule has 1 saturated heterocycles. The summed E-state index contributed by atoms with van der Waals surface area (Å²) < 4.78 is 7.82. The third-order valence-electron chi connectivity index (χ3n) is 4.40. The molecular weight excluding hydrogens is 502 g/mol. The monoisotopic (exact) mass is 513 g/mol. The maximum atomic E-state index is 12.4. The summed E-state index contributed by atoms with van der Waals surface area (Å²) in [4.78, 5) is 32.9. The summed E-state index contributed by atoms with van der Waals surface area (Å²) in [6.07, 6.45) is 1.63. The van der Waals surface area contributed by atoms with Crippen LogP contribution in [0.25, 0.3) is 16.3 Å². The number of hydrogen-bond acceptors (Lipinski definition) is 8. The lowest BCUT2D eigenvalue weighted by molar-refractivity contribution is -0.115. The molecule has 7 nitrogen and oxygen atoms in total. The predicted octanol–water partition coefficient (Wildman–Crippen LogP) is 6.28. The third kappa shape index (κ3) is 4.83. The Hall–Kier alpha value is -3.05. The Morgan fingerprint density at radius 2 is 2.06 bits per heavy atom. The van der Waals surface area contributed by atoms with E-state index in [9.17, 15) is 14.7 Å². The van der Waals surface area contributed by atoms with Crippen molar-refractivity contribution in [2.45, 2.75) is 9.43 Å². The number of carboxylic acid groups (broad SMARTS) is 1. The molecule has 0 atom stereocenters. The van der Waals surface area contributed by atoms with Gasteiger partial charge in [-0.25, -0.2) is 14.8 Å². The molecule has 11 heteroatoms. The van der Waals surface area contributed by atoms with E-state index in [0.29, 0.717) is 26.6 Å². The minimum absolute atomic E-state index is 0.0580. The number of furan rings is 1. The number of aromatic carboxylic acids is 1. The van der Waals surface area contributed by atoms with Crippen molar-refractivity contribution >= 4 is 85.5 Å². The Bertz CT molecular complexity index is 1440. The van der Waals surface area contributed by atoms with Crippen LogP contribution in [0, 0.1) is 0 Å². The fraction of sp³-hybridized carbons (Fsp3) is 0. The van der Waals surface area contributed by atoms with Crippen LogP contribution in [0.5, 0.6) is 0 Å². The topological polar surface area (TPSA) is 105 Å². The number of amidine groups is 1. The largest absolute Gasteiger partial charge is 0.478 e. The van der Waals surface area contributed by atoms with Crippen molar-refractivity contribution in [3.8, 4) is 0 Å². The molecule has 1 amide bonds. The van der Waals surface area contributed by atoms with Gasteiger partial charge in [-0.1, -0.05) is 23.7 Å². The van der Waals surface area contributed by atoms with Gasteiger partial charge in [-0.05, 0) is 66.0 Å². The molecule has 0 bridgehead atoms. The lowest BCUT2D eigenvalue weighted by atomic mass is 10.2. The highest BCUT2D eigenvalue weighted by atomic mass is 35.5. The molecule has 1 aliphatic rings. The van der Waals surface area contributed by atoms with E-state index >= 15 is 0 Å². The molecule has 5 rings (SSSR count). The highest BCUT2D eigenvalue weighted by molar-refractivity contribution is 8.18. The summed E-state index contributed by atoms with van der Waals surface area (Å²) in [7, 11) is 0. The first-order valence-electron chi connectivity index (χ1n) is 9.40. The molecule has 0 saturated carbocycles. The Morgan fingerprint density at radius 1 is 1.21 bits per heavy atom. The van der Waals surface area contributed by atoms with E-state index in [4.69, 9.17) is 16.0 Å². The van der Waals surface area contributed by atoms with Gasteiger partial charge in [0.2, 0.25) is 0 Å². The van der Waals surface area contributed by atoms with Gasteiger partial charge in [0.05, 0.1) is 31.4 Å². The molecule has 164 valence electrons. The van der Waals surface area contributed by atoms with Crippen molar-refractivity contribution < 1.29 is 19.1 Å². The normalized spacial score (nSPS) is 16.1. The summed E-state index contributed by atoms with van der Waals surface area (Å²) in [5, 5.41) is 13.0. The Labute approximate surface area is 204 Å². The van der Waals surface area contributed by atoms with Crippen molar-refractivity contribution in [1.29, 1.82) is 0 Å². The van der Waals surface area contributed by atoms with Crippen molar-refractivity contribution in [3.63, 3.8) is 0 Å². The molecular formula is C22H12ClN3O4S3. The third-order valence-corrected chi connectivity index (χ3v) is 7.66. The molecule has 2 N–H and O–H groups in total. The molecule has 0 radical (unpaired) electrons. The van der Waals surface area contributed by atoms with E-state index in [1.165, 1.54) is 23.9 Å². The number of carboxylic acids is 1. The number of nitrogens with zero attached hydrogens (tertiary/aromatic N) is 2. The number of thiazole rings is 1. The second kappa shape index (κ2) is 9.06. The summed E-state index contributed by atoms with van der Waals surface area (Å²) in [6, 6.07) is 15.9. The first-order valence-corrected chi connectivity index (χ1v) is 12.2. The number of halogens is 1. The SMILES string of the molecule is O=C1NC(=Nc2ccc(Cl)c(C(=O)O)c2)S/C1=C\c1ccc(Sc2nc3ccccc3s2)o1. The Kier molecular flexibility index (Phi) is 5.98. The number of carbonyl (C=O) groups is 2. The zero-order chi connectivity index (χ0) is 22.9. The second-order valence-corrected chi connectivity index (χ2v) is 10.4. The number of hydrogen-bond donors (Lipinski definition) is 2. The molecule has 1 aliphatic heterocycles. The average Bonchev–Trinajstić information content (AvgIpc) is 3.48. The van der Waals surface area contributed by atoms with Crippen molar-refractivity contribution in [2.24, 2.45) is 4.99 Å². The van der Waals surface area contributed by atoms with Gasteiger partial charge in [0.25, 0.3) is 5.91 Å². The number of rotatable bonds is 5. The second-order valence-electron chi connectivity index (χ2n) is 6.66. The number of thioether (sulfide) groups is 1. The standard InChI is InChI=1S/C22H12ClN3O4S3/c23-14-7-5-11(9-13(14)20(28)29)24-21-26-19(27)17(31-21)10-12-6-8-18(30-12)33-22-25-15-3-1-2-4-16(15)32-22/h1-10H,(H,28,29)(H,24,26,27)/b17-10-. The van der Waals surface area contributed by atoms with E-state index in [-0.39, 0.29) is 16.5 Å². The molecule has 0 aliphatic carbocycles. The molecule has 2 aromatic heterocycles. The highest BCUT2D eigenvalue weighted by Gasteiger charge is 2.24. The molecule has 2 aromatic carbocycles. The summed E-state index contributed by atoms with van der Waals surface area (Å²) in [5.74, 6) is -0.941. The van der Waals surface area contributed by atoms with Gasteiger partial charge in [0, 0.05) is 6.08 Å². The fourth-order valence-electron chi connectivity index (χ4n) is 2.92. The number of nitrogens with one attached hydrogen (secondary N) is 1. The van der Waals surface area contributed by atoms with Crippen molar-refractivity contribution in [2.75, 3.05) is 0 Å². The fourth-order valence-corrected chi connectivity index (χ4v) is 5.91. The van der Waals surface area contributed by atoms with E-state index in [1.807, 2.05) is 30.3 Å². The molecule has 3 heterocycles. The van der Waals surface area contributed by atoms with Crippen molar-refractivity contribution in [3.05, 3.63) is 75.8 Å². The number of para-hydroxylation sites is 1. The van der Waals surface area contributed by atoms with E-state index < -0.39 is 5.97 Å². The minimum Gasteiger partial charge on any atom is -0.478 e. The predicted molar refractivity (Wildman–Crippen MR) is 132 cm³/mol. The van der Waals surface area contributed by atoms with Crippen LogP contribution in [0.1, 0.15) is 16.1 Å². The van der Waals surface area contributed by atoms with Gasteiger partial charge in [-0.3, -0.25) is 4.79 Å². The van der Waals surface area contributed by atoms with Crippen LogP contribution >= 0.6 is 46.5 Å². The number of benzene rings is 2. The average molecular weight is 514 g/mol. The first-order chi connectivity index (χ1) is 15.9. The quantitative estimate of drug-likeness (QED) is 0.302. The zero-order valence-electron chi connectivity index (χ0n) is 16.4. The molecule has 1 fully saturated rings. The first kappa shape index (κ1) is 21.8. The van der Waals surface area contributed by atoms with Gasteiger partial charge in [-0.15, -0.1) is 11.3 Å². The van der Waals surface area contributed by atoms with Crippen LogP contribution in [0.15, 0.2) is 78.3 Å². The van der Waals surface area contributed by atoms with E-state index in [0.717, 1.165) is 26.3 Å². The van der Waals surface area contributed by atoms with Crippen LogP contribution in [0.3, 0.4) is 0 Å². The Balaban J connectivity index is 1.31. The number of amides is 1. The summed E-state index contributed by atoms with van der Waals surface area (Å²) in [5.41, 5.74) is 1.26. The van der Waals surface area contributed by atoms with Crippen molar-refractivity contribution in [1.82, 2.24) is 10.3 Å². The maximum absolute atomic E-state index is 12.4. The molecule has 0 unspecified atom stereocenters. The Morgan fingerprint density at radius 3 is 2.88 bits per heavy atom. The zero-order valence-corrected chi connectivity index (χ0v) is 19.6. The summed E-state index contributed by atoms with van der Waals surface area (Å²) >= 11 is 10.0. The highest BCUT2D eigenvalue weighted by Crippen LogP contribution is 2.36.